The van der Waals surface area contributed by atoms with Gasteiger partial charge in [0, 0.05) is 31.9 Å². The van der Waals surface area contributed by atoms with E-state index in [2.05, 4.69) is 36.4 Å². The molecule has 2 saturated heterocycles. The van der Waals surface area contributed by atoms with Crippen LogP contribution in [0, 0.1) is 12.8 Å². The Morgan fingerprint density at radius 2 is 1.97 bits per heavy atom. The second kappa shape index (κ2) is 9.31. The molecule has 0 radical (unpaired) electrons. The lowest BCUT2D eigenvalue weighted by Crippen LogP contribution is -2.51. The number of anilines is 1. The van der Waals surface area contributed by atoms with Crippen molar-refractivity contribution in [3.05, 3.63) is 47.9 Å². The number of amides is 1. The lowest BCUT2D eigenvalue weighted by atomic mass is 9.93. The molecule has 0 aromatic carbocycles. The smallest absolute Gasteiger partial charge is 0.224 e. The van der Waals surface area contributed by atoms with E-state index in [4.69, 9.17) is 0 Å². The van der Waals surface area contributed by atoms with Gasteiger partial charge in [0.1, 0.15) is 0 Å². The third kappa shape index (κ3) is 5.09. The highest BCUT2D eigenvalue weighted by molar-refractivity contribution is 5.78. The van der Waals surface area contributed by atoms with E-state index in [1.54, 1.807) is 6.20 Å². The molecule has 2 fully saturated rings. The first kappa shape index (κ1) is 19.8. The van der Waals surface area contributed by atoms with Crippen LogP contribution in [0.2, 0.25) is 0 Å². The van der Waals surface area contributed by atoms with Crippen molar-refractivity contribution >= 4 is 11.7 Å². The zero-order chi connectivity index (χ0) is 20.1. The van der Waals surface area contributed by atoms with Crippen molar-refractivity contribution < 1.29 is 4.79 Å². The van der Waals surface area contributed by atoms with Crippen molar-refractivity contribution in [1.82, 2.24) is 25.4 Å². The van der Waals surface area contributed by atoms with Gasteiger partial charge in [0.25, 0.3) is 0 Å². The number of carbonyl (C=O) groups excluding carboxylic acids is 1. The second-order valence-electron chi connectivity index (χ2n) is 8.12. The zero-order valence-electron chi connectivity index (χ0n) is 17.1. The van der Waals surface area contributed by atoms with E-state index in [9.17, 15) is 4.79 Å². The van der Waals surface area contributed by atoms with Gasteiger partial charge in [-0.05, 0) is 63.4 Å². The molecule has 7 nitrogen and oxygen atoms in total. The van der Waals surface area contributed by atoms with Crippen molar-refractivity contribution in [2.75, 3.05) is 31.1 Å². The van der Waals surface area contributed by atoms with Crippen LogP contribution in [0.25, 0.3) is 0 Å². The molecule has 2 aliphatic heterocycles. The summed E-state index contributed by atoms with van der Waals surface area (Å²) in [5, 5.41) is 11.6. The molecule has 0 saturated carbocycles. The summed E-state index contributed by atoms with van der Waals surface area (Å²) in [4.78, 5) is 21.8. The number of hydrogen-bond acceptors (Lipinski definition) is 6. The van der Waals surface area contributed by atoms with E-state index in [0.29, 0.717) is 12.6 Å². The van der Waals surface area contributed by atoms with E-state index < -0.39 is 0 Å². The number of aryl methyl sites for hydroxylation is 1. The molecule has 0 bridgehead atoms. The highest BCUT2D eigenvalue weighted by Crippen LogP contribution is 2.25. The Labute approximate surface area is 172 Å². The van der Waals surface area contributed by atoms with Crippen LogP contribution in [0.1, 0.15) is 37.1 Å². The highest BCUT2D eigenvalue weighted by atomic mass is 16.1. The molecule has 2 aliphatic rings. The fourth-order valence-corrected chi connectivity index (χ4v) is 4.40. The Balaban J connectivity index is 1.26. The predicted molar refractivity (Wildman–Crippen MR) is 112 cm³/mol. The summed E-state index contributed by atoms with van der Waals surface area (Å²) in [6, 6.07) is 10.4. The fourth-order valence-electron chi connectivity index (χ4n) is 4.40. The van der Waals surface area contributed by atoms with Gasteiger partial charge in [-0.2, -0.15) is 5.10 Å². The van der Waals surface area contributed by atoms with E-state index in [0.717, 1.165) is 69.1 Å². The monoisotopic (exact) mass is 394 g/mol. The van der Waals surface area contributed by atoms with Crippen LogP contribution in [-0.2, 0) is 11.3 Å². The number of nitrogens with zero attached hydrogens (tertiary/aromatic N) is 5. The molecule has 1 atom stereocenters. The van der Waals surface area contributed by atoms with Crippen LogP contribution >= 0.6 is 0 Å². The number of hydrogen-bond donors (Lipinski definition) is 1. The summed E-state index contributed by atoms with van der Waals surface area (Å²) in [6.45, 7) is 6.42. The molecule has 29 heavy (non-hydrogen) atoms. The van der Waals surface area contributed by atoms with Gasteiger partial charge in [0.15, 0.2) is 5.82 Å². The Hall–Kier alpha value is -2.54. The number of aromatic nitrogens is 3. The second-order valence-corrected chi connectivity index (χ2v) is 8.12. The maximum Gasteiger partial charge on any atom is 0.224 e. The van der Waals surface area contributed by atoms with Gasteiger partial charge in [0.05, 0.1) is 23.9 Å². The summed E-state index contributed by atoms with van der Waals surface area (Å²) < 4.78 is 0. The first-order chi connectivity index (χ1) is 14.2. The van der Waals surface area contributed by atoms with Gasteiger partial charge >= 0.3 is 0 Å². The molecule has 7 heteroatoms. The fraction of sp³-hybridized carbons (Fsp3) is 0.545. The lowest BCUT2D eigenvalue weighted by molar-refractivity contribution is -0.127. The van der Waals surface area contributed by atoms with Crippen LogP contribution < -0.4 is 10.2 Å². The highest BCUT2D eigenvalue weighted by Gasteiger charge is 2.31. The molecule has 4 rings (SSSR count). The van der Waals surface area contributed by atoms with Gasteiger partial charge in [0.2, 0.25) is 5.91 Å². The molecule has 1 N–H and O–H groups in total. The number of pyridine rings is 1. The largest absolute Gasteiger partial charge is 0.355 e. The standard InChI is InChI=1S/C22H30N6O/c1-17-7-8-21(26-25-17)27-13-9-20(10-14-27)28-12-4-5-18(16-28)22(29)24-15-19-6-2-3-11-23-19/h2-3,6-8,11,18,20H,4-5,9-10,12-16H2,1H3,(H,24,29)/t18-/m1/s1. The molecule has 0 spiro atoms. The van der Waals surface area contributed by atoms with Crippen molar-refractivity contribution in [3.63, 3.8) is 0 Å². The van der Waals surface area contributed by atoms with Crippen LogP contribution in [0.3, 0.4) is 0 Å². The van der Waals surface area contributed by atoms with E-state index in [1.807, 2.05) is 31.2 Å². The molecule has 4 heterocycles. The lowest BCUT2D eigenvalue weighted by Gasteiger charge is -2.42. The van der Waals surface area contributed by atoms with Crippen molar-refractivity contribution in [2.45, 2.75) is 45.2 Å². The molecule has 1 amide bonds. The topological polar surface area (TPSA) is 74.2 Å². The summed E-state index contributed by atoms with van der Waals surface area (Å²) in [6.07, 6.45) is 6.04. The number of piperidine rings is 2. The zero-order valence-corrected chi connectivity index (χ0v) is 17.1. The first-order valence-corrected chi connectivity index (χ1v) is 10.7. The Morgan fingerprint density at radius 1 is 1.10 bits per heavy atom. The minimum absolute atomic E-state index is 0.0773. The van der Waals surface area contributed by atoms with Crippen LogP contribution in [-0.4, -0.2) is 58.2 Å². The number of carbonyl (C=O) groups is 1. The Morgan fingerprint density at radius 3 is 2.69 bits per heavy atom. The quantitative estimate of drug-likeness (QED) is 0.838. The average Bonchev–Trinajstić information content (AvgIpc) is 2.79. The van der Waals surface area contributed by atoms with E-state index >= 15 is 0 Å². The van der Waals surface area contributed by atoms with Gasteiger partial charge in [-0.15, -0.1) is 5.10 Å². The predicted octanol–water partition coefficient (Wildman–Crippen LogP) is 2.18. The molecule has 154 valence electrons. The SMILES string of the molecule is Cc1ccc(N2CCC(N3CCC[C@@H](C(=O)NCc4ccccn4)C3)CC2)nn1. The molecular weight excluding hydrogens is 364 g/mol. The minimum atomic E-state index is 0.0773. The summed E-state index contributed by atoms with van der Waals surface area (Å²) >= 11 is 0. The number of nitrogens with one attached hydrogen (secondary N) is 1. The molecule has 0 aliphatic carbocycles. The first-order valence-electron chi connectivity index (χ1n) is 10.7. The molecular formula is C22H30N6O. The summed E-state index contributed by atoms with van der Waals surface area (Å²) in [5.41, 5.74) is 1.85. The minimum Gasteiger partial charge on any atom is -0.355 e. The van der Waals surface area contributed by atoms with Crippen molar-refractivity contribution in [3.8, 4) is 0 Å². The Bertz CT molecular complexity index is 789. The van der Waals surface area contributed by atoms with Crippen molar-refractivity contribution in [2.24, 2.45) is 5.92 Å². The Kier molecular flexibility index (Phi) is 6.34. The average molecular weight is 395 g/mol. The van der Waals surface area contributed by atoms with Crippen molar-refractivity contribution in [1.29, 1.82) is 0 Å². The summed E-state index contributed by atoms with van der Waals surface area (Å²) in [5.74, 6) is 1.21. The van der Waals surface area contributed by atoms with Gasteiger partial charge in [-0.1, -0.05) is 6.07 Å². The van der Waals surface area contributed by atoms with Gasteiger partial charge in [-0.3, -0.25) is 14.7 Å². The molecule has 2 aromatic rings. The third-order valence-corrected chi connectivity index (χ3v) is 6.08. The molecule has 2 aromatic heterocycles. The van der Waals surface area contributed by atoms with E-state index in [1.165, 1.54) is 0 Å². The number of rotatable bonds is 5. The van der Waals surface area contributed by atoms with Gasteiger partial charge in [-0.25, -0.2) is 0 Å². The van der Waals surface area contributed by atoms with E-state index in [-0.39, 0.29) is 11.8 Å². The normalized spacial score (nSPS) is 21.1. The van der Waals surface area contributed by atoms with Crippen LogP contribution in [0.4, 0.5) is 5.82 Å². The maximum absolute atomic E-state index is 12.7. The van der Waals surface area contributed by atoms with Crippen LogP contribution in [0.15, 0.2) is 36.5 Å². The number of likely N-dealkylation sites (tertiary alicyclic amines) is 1. The van der Waals surface area contributed by atoms with Gasteiger partial charge < -0.3 is 10.2 Å². The third-order valence-electron chi connectivity index (χ3n) is 6.08. The van der Waals surface area contributed by atoms with Crippen LogP contribution in [0.5, 0.6) is 0 Å². The maximum atomic E-state index is 12.7. The molecule has 0 unspecified atom stereocenters. The summed E-state index contributed by atoms with van der Waals surface area (Å²) in [7, 11) is 0.